The minimum absolute atomic E-state index is 0.0977. The molecule has 0 saturated carbocycles. The number of nitrogens with two attached hydrogens (primary N) is 4. The van der Waals surface area contributed by atoms with Gasteiger partial charge in [-0.2, -0.15) is 0 Å². The smallest absolute Gasteiger partial charge is 0.0993 e. The Morgan fingerprint density at radius 2 is 0.549 bits per heavy atom. The van der Waals surface area contributed by atoms with Gasteiger partial charge in [0.25, 0.3) is 0 Å². The molecular weight excluding hydrogens is 925 g/mol. The van der Waals surface area contributed by atoms with E-state index < -0.39 is 23.9 Å². The largest absolute Gasteiger partial charge is 0.550 e. The molecule has 0 atom stereocenters. The predicted molar refractivity (Wildman–Crippen MR) is 270 cm³/mol. The first-order chi connectivity index (χ1) is 34.3. The summed E-state index contributed by atoms with van der Waals surface area (Å²) in [4.78, 5) is 39.8. The van der Waals surface area contributed by atoms with Crippen LogP contribution < -0.4 is 41.7 Å². The molecule has 0 rings (SSSR count). The van der Waals surface area contributed by atoms with Crippen molar-refractivity contribution in [1.82, 2.24) is 0 Å². The molecule has 0 unspecified atom stereocenters. The fourth-order valence-corrected chi connectivity index (χ4v) is 5.17. The topological polar surface area (TPSA) is 301 Å². The number of quaternary nitrogens is 4. The SMILES string of the molecule is CCCCCCC=CC(=O)[O-].CCCCCCCCC(=O)[O-].COCC[NH2+]CCOC.COCC[NH2+]CCOC.COCC[NH2+]CCOC.COCC[NH2+]CCOC.O=C([O-])CCCCCCCC(=O)[O-]. The second-order valence-electron chi connectivity index (χ2n) is 15.9. The zero-order chi connectivity index (χ0) is 55.0. The van der Waals surface area contributed by atoms with E-state index in [1.54, 1.807) is 63.0 Å². The van der Waals surface area contributed by atoms with Crippen LogP contribution in [0.3, 0.4) is 0 Å². The highest BCUT2D eigenvalue weighted by Crippen LogP contribution is 2.07. The molecule has 0 radical (unpaired) electrons. The van der Waals surface area contributed by atoms with Crippen LogP contribution in [0, 0.1) is 0 Å². The van der Waals surface area contributed by atoms with E-state index in [4.69, 9.17) is 37.9 Å². The van der Waals surface area contributed by atoms with Gasteiger partial charge in [-0.1, -0.05) is 90.6 Å². The van der Waals surface area contributed by atoms with E-state index in [0.717, 1.165) is 156 Å². The van der Waals surface area contributed by atoms with Gasteiger partial charge in [-0.15, -0.1) is 0 Å². The van der Waals surface area contributed by atoms with Crippen LogP contribution in [0.15, 0.2) is 12.2 Å². The van der Waals surface area contributed by atoms with E-state index >= 15 is 0 Å². The second-order valence-corrected chi connectivity index (χ2v) is 15.9. The van der Waals surface area contributed by atoms with Crippen LogP contribution in [-0.2, 0) is 57.1 Å². The summed E-state index contributed by atoms with van der Waals surface area (Å²) < 4.78 is 38.8. The van der Waals surface area contributed by atoms with E-state index in [0.29, 0.717) is 12.8 Å². The summed E-state index contributed by atoms with van der Waals surface area (Å²) in [6.07, 6.45) is 19.2. The fraction of sp³-hybridized carbons (Fsp3) is 0.882. The van der Waals surface area contributed by atoms with Crippen LogP contribution >= 0.6 is 0 Å². The summed E-state index contributed by atoms with van der Waals surface area (Å²) in [5, 5.41) is 48.5. The number of carboxylic acids is 4. The minimum atomic E-state index is -1.10. The number of methoxy groups -OCH3 is 8. The number of hydrogen-bond donors (Lipinski definition) is 4. The van der Waals surface area contributed by atoms with Crippen molar-refractivity contribution in [2.75, 3.05) is 162 Å². The molecule has 0 aromatic carbocycles. The Labute approximate surface area is 431 Å². The molecular formula is C51H110N4O16. The van der Waals surface area contributed by atoms with E-state index in [1.165, 1.54) is 44.9 Å². The molecule has 430 valence electrons. The lowest BCUT2D eigenvalue weighted by Gasteiger charge is -2.03. The number of allylic oxidation sites excluding steroid dienone is 1. The molecule has 8 N–H and O–H groups in total. The Hall–Kier alpha value is -2.86. The van der Waals surface area contributed by atoms with E-state index in [-0.39, 0.29) is 19.3 Å². The molecule has 71 heavy (non-hydrogen) atoms. The maximum absolute atomic E-state index is 9.98. The van der Waals surface area contributed by atoms with Crippen LogP contribution in [0.1, 0.15) is 136 Å². The Morgan fingerprint density at radius 3 is 0.746 bits per heavy atom. The van der Waals surface area contributed by atoms with Crippen molar-refractivity contribution in [3.8, 4) is 0 Å². The van der Waals surface area contributed by atoms with Crippen molar-refractivity contribution in [3.05, 3.63) is 12.2 Å². The van der Waals surface area contributed by atoms with Crippen LogP contribution in [0.4, 0.5) is 0 Å². The van der Waals surface area contributed by atoms with Gasteiger partial charge in [0, 0.05) is 74.8 Å². The van der Waals surface area contributed by atoms with Gasteiger partial charge in [-0.25, -0.2) is 0 Å². The van der Waals surface area contributed by atoms with Crippen LogP contribution in [0.5, 0.6) is 0 Å². The molecule has 0 aliphatic heterocycles. The van der Waals surface area contributed by atoms with E-state index in [1.807, 2.05) is 0 Å². The molecule has 0 spiro atoms. The summed E-state index contributed by atoms with van der Waals surface area (Å²) in [7, 11) is 13.7. The van der Waals surface area contributed by atoms with Crippen LogP contribution in [0.25, 0.3) is 0 Å². The highest BCUT2D eigenvalue weighted by molar-refractivity contribution is 5.77. The summed E-state index contributed by atoms with van der Waals surface area (Å²) in [5.41, 5.74) is 0. The van der Waals surface area contributed by atoms with Gasteiger partial charge in [0.05, 0.1) is 111 Å². The van der Waals surface area contributed by atoms with Crippen molar-refractivity contribution in [2.24, 2.45) is 0 Å². The summed E-state index contributed by atoms with van der Waals surface area (Å²) in [6, 6.07) is 0. The summed E-state index contributed by atoms with van der Waals surface area (Å²) in [5.74, 6) is -4.05. The number of aliphatic carboxylic acids is 4. The Morgan fingerprint density at radius 1 is 0.338 bits per heavy atom. The fourth-order valence-electron chi connectivity index (χ4n) is 5.17. The Balaban J connectivity index is -0.000000135. The van der Waals surface area contributed by atoms with Gasteiger partial charge in [0.15, 0.2) is 0 Å². The van der Waals surface area contributed by atoms with Gasteiger partial charge < -0.3 is 98.8 Å². The quantitative estimate of drug-likeness (QED) is 0.0358. The second kappa shape index (κ2) is 86.9. The minimum Gasteiger partial charge on any atom is -0.550 e. The molecule has 0 aromatic heterocycles. The first kappa shape index (κ1) is 82.2. The van der Waals surface area contributed by atoms with Crippen molar-refractivity contribution in [2.45, 2.75) is 136 Å². The molecule has 0 aliphatic carbocycles. The molecule has 0 fully saturated rings. The first-order valence-electron chi connectivity index (χ1n) is 26.0. The third kappa shape index (κ3) is 128. The molecule has 0 aliphatic rings. The highest BCUT2D eigenvalue weighted by Gasteiger charge is 1.94. The van der Waals surface area contributed by atoms with Crippen molar-refractivity contribution in [3.63, 3.8) is 0 Å². The van der Waals surface area contributed by atoms with Crippen LogP contribution in [0.2, 0.25) is 0 Å². The molecule has 0 amide bonds. The van der Waals surface area contributed by atoms with Crippen LogP contribution in [-0.4, -0.2) is 186 Å². The first-order valence-corrected chi connectivity index (χ1v) is 26.0. The molecule has 0 heterocycles. The molecule has 0 aromatic rings. The maximum atomic E-state index is 9.98. The number of carbonyl (C=O) groups is 4. The predicted octanol–water partition coefficient (Wildman–Crippen LogP) is -2.66. The lowest BCUT2D eigenvalue weighted by atomic mass is 10.1. The number of carboxylic acid groups (broad SMARTS) is 4. The number of unbranched alkanes of at least 4 members (excludes halogenated alkanes) is 13. The van der Waals surface area contributed by atoms with Gasteiger partial charge in [0.1, 0.15) is 0 Å². The molecule has 0 bridgehead atoms. The van der Waals surface area contributed by atoms with E-state index in [9.17, 15) is 39.6 Å². The number of hydrogen-bond acceptors (Lipinski definition) is 16. The standard InChI is InChI=1S/C9H16O4.C9H18O2.C9H16O2.4C6H15NO2/c10-8(11)6-4-2-1-3-5-7-9(12)13;2*1-2-3-4-5-6-7-8-9(10)11;4*1-8-5-3-7-4-6-9-2/h1-7H2,(H,10,11)(H,12,13);2-8H2,1H3,(H,10,11);7-8H,2-6H2,1H3,(H,10,11);4*7H,3-6H2,1-2H3. The third-order valence-electron chi connectivity index (χ3n) is 9.18. The maximum Gasteiger partial charge on any atom is 0.0993 e. The average Bonchev–Trinajstić information content (AvgIpc) is 3.34. The normalized spacial score (nSPS) is 10.1. The van der Waals surface area contributed by atoms with Crippen molar-refractivity contribution in [1.29, 1.82) is 0 Å². The third-order valence-corrected chi connectivity index (χ3v) is 9.18. The molecule has 20 heteroatoms. The van der Waals surface area contributed by atoms with E-state index in [2.05, 4.69) is 35.1 Å². The highest BCUT2D eigenvalue weighted by atomic mass is 16.5. The monoisotopic (exact) mass is 1030 g/mol. The number of ether oxygens (including phenoxy) is 8. The van der Waals surface area contributed by atoms with Crippen molar-refractivity contribution >= 4 is 23.9 Å². The zero-order valence-electron chi connectivity index (χ0n) is 46.7. The molecule has 0 saturated heterocycles. The number of carbonyl (C=O) groups excluding carboxylic acids is 4. The summed E-state index contributed by atoms with van der Waals surface area (Å²) >= 11 is 0. The Kier molecular flexibility index (Phi) is 101. The van der Waals surface area contributed by atoms with Gasteiger partial charge in [-0.3, -0.25) is 0 Å². The zero-order valence-corrected chi connectivity index (χ0v) is 46.7. The summed E-state index contributed by atoms with van der Waals surface area (Å²) in [6.45, 7) is 19.1. The Bertz CT molecular complexity index is 907. The molecule has 20 nitrogen and oxygen atoms in total. The van der Waals surface area contributed by atoms with Crippen molar-refractivity contribution < 1.29 is 98.8 Å². The average molecular weight is 1040 g/mol. The lowest BCUT2D eigenvalue weighted by Crippen LogP contribution is -2.86. The lowest BCUT2D eigenvalue weighted by molar-refractivity contribution is -0.657. The van der Waals surface area contributed by atoms with Gasteiger partial charge >= 0.3 is 0 Å². The van der Waals surface area contributed by atoms with Gasteiger partial charge in [-0.05, 0) is 57.4 Å². The number of rotatable bonds is 45. The van der Waals surface area contributed by atoms with Gasteiger partial charge in [0.2, 0.25) is 0 Å².